The molecule has 0 spiro atoms. The topological polar surface area (TPSA) is 112 Å². The molecule has 3 heterocycles. The van der Waals surface area contributed by atoms with E-state index in [-0.39, 0.29) is 6.04 Å². The van der Waals surface area contributed by atoms with E-state index in [1.807, 2.05) is 0 Å². The zero-order chi connectivity index (χ0) is 17.3. The second-order valence-corrected chi connectivity index (χ2v) is 6.53. The Balaban J connectivity index is 1.98. The Labute approximate surface area is 140 Å². The van der Waals surface area contributed by atoms with Crippen molar-refractivity contribution in [2.75, 3.05) is 30.9 Å². The first-order chi connectivity index (χ1) is 11.4. The van der Waals surface area contributed by atoms with Crippen molar-refractivity contribution in [3.8, 4) is 0 Å². The number of fused-ring (bicyclic) bond motifs is 1. The van der Waals surface area contributed by atoms with Crippen molar-refractivity contribution in [2.24, 2.45) is 0 Å². The van der Waals surface area contributed by atoms with Gasteiger partial charge in [-0.15, -0.1) is 0 Å². The molecule has 2 atom stereocenters. The van der Waals surface area contributed by atoms with Gasteiger partial charge >= 0.3 is 0 Å². The van der Waals surface area contributed by atoms with Gasteiger partial charge in [-0.25, -0.2) is 9.97 Å². The van der Waals surface area contributed by atoms with E-state index >= 15 is 0 Å². The third-order valence-electron chi connectivity index (χ3n) is 4.03. The zero-order valence-electron chi connectivity index (χ0n) is 14.1. The maximum Gasteiger partial charge on any atom is 0.170 e. The van der Waals surface area contributed by atoms with E-state index in [2.05, 4.69) is 25.6 Å². The Bertz CT molecular complexity index is 725. The van der Waals surface area contributed by atoms with Crippen molar-refractivity contribution >= 4 is 22.7 Å². The van der Waals surface area contributed by atoms with Crippen LogP contribution in [0.3, 0.4) is 0 Å². The van der Waals surface area contributed by atoms with E-state index in [4.69, 9.17) is 4.74 Å². The molecule has 2 unspecified atom stereocenters. The number of rotatable bonds is 5. The molecule has 24 heavy (non-hydrogen) atoms. The molecule has 4 N–H and O–H groups in total. The van der Waals surface area contributed by atoms with E-state index in [0.717, 1.165) is 13.0 Å². The van der Waals surface area contributed by atoms with Gasteiger partial charge < -0.3 is 25.6 Å². The molecule has 0 aliphatic carbocycles. The summed E-state index contributed by atoms with van der Waals surface area (Å²) in [7, 11) is 1.78. The summed E-state index contributed by atoms with van der Waals surface area (Å²) in [4.78, 5) is 13.3. The highest BCUT2D eigenvalue weighted by molar-refractivity contribution is 5.80. The SMILES string of the molecule is CNc1nc2cnc(C(O)C(C)(C)O)cc2nc1NC1CCOC1. The number of aliphatic hydroxyl groups excluding tert-OH is 1. The molecule has 1 saturated heterocycles. The van der Waals surface area contributed by atoms with Gasteiger partial charge in [0, 0.05) is 13.7 Å². The van der Waals surface area contributed by atoms with Crippen LogP contribution in [0, 0.1) is 0 Å². The van der Waals surface area contributed by atoms with Gasteiger partial charge in [0.2, 0.25) is 0 Å². The molecule has 0 amide bonds. The Hall–Kier alpha value is -2.03. The average Bonchev–Trinajstić information content (AvgIpc) is 3.05. The van der Waals surface area contributed by atoms with Crippen LogP contribution in [0.5, 0.6) is 0 Å². The fourth-order valence-corrected chi connectivity index (χ4v) is 2.60. The molecule has 2 aromatic heterocycles. The number of nitrogens with one attached hydrogen (secondary N) is 2. The van der Waals surface area contributed by atoms with Crippen LogP contribution in [0.15, 0.2) is 12.3 Å². The normalized spacial score (nSPS) is 19.5. The third-order valence-corrected chi connectivity index (χ3v) is 4.03. The fraction of sp³-hybridized carbons (Fsp3) is 0.562. The summed E-state index contributed by atoms with van der Waals surface area (Å²) in [5.41, 5.74) is 0.279. The van der Waals surface area contributed by atoms with Crippen molar-refractivity contribution in [3.05, 3.63) is 18.0 Å². The molecule has 1 fully saturated rings. The van der Waals surface area contributed by atoms with Gasteiger partial charge in [-0.05, 0) is 26.3 Å². The molecule has 1 aliphatic heterocycles. The summed E-state index contributed by atoms with van der Waals surface area (Å²) in [6.45, 7) is 4.44. The van der Waals surface area contributed by atoms with Crippen LogP contribution in [0.25, 0.3) is 11.0 Å². The third kappa shape index (κ3) is 3.40. The lowest BCUT2D eigenvalue weighted by Crippen LogP contribution is -2.29. The second kappa shape index (κ2) is 6.46. The summed E-state index contributed by atoms with van der Waals surface area (Å²) in [6.07, 6.45) is 1.37. The molecule has 1 aliphatic rings. The van der Waals surface area contributed by atoms with Gasteiger partial charge in [-0.2, -0.15) is 0 Å². The second-order valence-electron chi connectivity index (χ2n) is 6.53. The highest BCUT2D eigenvalue weighted by Gasteiger charge is 2.28. The molecule has 8 nitrogen and oxygen atoms in total. The minimum atomic E-state index is -1.29. The highest BCUT2D eigenvalue weighted by Crippen LogP contribution is 2.27. The molecule has 8 heteroatoms. The Morgan fingerprint density at radius 1 is 1.29 bits per heavy atom. The lowest BCUT2D eigenvalue weighted by molar-refractivity contribution is -0.0516. The first-order valence-corrected chi connectivity index (χ1v) is 7.98. The number of pyridine rings is 1. The Morgan fingerprint density at radius 3 is 2.67 bits per heavy atom. The number of aromatic nitrogens is 3. The molecule has 2 aromatic rings. The van der Waals surface area contributed by atoms with E-state index in [9.17, 15) is 10.2 Å². The lowest BCUT2D eigenvalue weighted by Gasteiger charge is -2.24. The van der Waals surface area contributed by atoms with Gasteiger partial charge in [-0.3, -0.25) is 4.98 Å². The number of aliphatic hydroxyl groups is 2. The van der Waals surface area contributed by atoms with E-state index in [1.54, 1.807) is 19.3 Å². The van der Waals surface area contributed by atoms with Crippen LogP contribution >= 0.6 is 0 Å². The number of hydrogen-bond acceptors (Lipinski definition) is 8. The largest absolute Gasteiger partial charge is 0.387 e. The summed E-state index contributed by atoms with van der Waals surface area (Å²) in [5.74, 6) is 1.27. The summed E-state index contributed by atoms with van der Waals surface area (Å²) >= 11 is 0. The van der Waals surface area contributed by atoms with Gasteiger partial charge in [0.05, 0.1) is 35.7 Å². The van der Waals surface area contributed by atoms with Crippen molar-refractivity contribution in [1.82, 2.24) is 15.0 Å². The molecule has 0 aromatic carbocycles. The Morgan fingerprint density at radius 2 is 2.04 bits per heavy atom. The minimum Gasteiger partial charge on any atom is -0.387 e. The standard InChI is InChI=1S/C16H23N5O3/c1-16(2,23)13(22)11-6-10-12(7-18-11)21-14(17-3)15(20-10)19-9-4-5-24-8-9/h6-7,9,13,22-23H,4-5,8H2,1-3H3,(H,17,21)(H,19,20). The van der Waals surface area contributed by atoms with Gasteiger partial charge in [0.1, 0.15) is 11.6 Å². The number of anilines is 2. The molecular weight excluding hydrogens is 310 g/mol. The van der Waals surface area contributed by atoms with Crippen LogP contribution in [0.4, 0.5) is 11.6 Å². The van der Waals surface area contributed by atoms with E-state index in [0.29, 0.717) is 35.0 Å². The van der Waals surface area contributed by atoms with Gasteiger partial charge in [0.15, 0.2) is 11.6 Å². The van der Waals surface area contributed by atoms with Crippen LogP contribution in [0.1, 0.15) is 32.1 Å². The van der Waals surface area contributed by atoms with Crippen molar-refractivity contribution in [3.63, 3.8) is 0 Å². The van der Waals surface area contributed by atoms with Crippen molar-refractivity contribution in [2.45, 2.75) is 38.0 Å². The van der Waals surface area contributed by atoms with Gasteiger partial charge in [-0.1, -0.05) is 0 Å². The van der Waals surface area contributed by atoms with Crippen LogP contribution < -0.4 is 10.6 Å². The van der Waals surface area contributed by atoms with Gasteiger partial charge in [0.25, 0.3) is 0 Å². The summed E-state index contributed by atoms with van der Waals surface area (Å²) < 4.78 is 5.38. The molecule has 130 valence electrons. The number of nitrogens with zero attached hydrogens (tertiary/aromatic N) is 3. The maximum absolute atomic E-state index is 10.2. The molecular formula is C16H23N5O3. The summed E-state index contributed by atoms with van der Waals surface area (Å²) in [6, 6.07) is 1.85. The zero-order valence-corrected chi connectivity index (χ0v) is 14.1. The lowest BCUT2D eigenvalue weighted by atomic mass is 9.98. The first kappa shape index (κ1) is 16.8. The predicted molar refractivity (Wildman–Crippen MR) is 91.0 cm³/mol. The average molecular weight is 333 g/mol. The molecule has 3 rings (SSSR count). The molecule has 0 bridgehead atoms. The van der Waals surface area contributed by atoms with Crippen LogP contribution in [0.2, 0.25) is 0 Å². The van der Waals surface area contributed by atoms with Crippen LogP contribution in [-0.2, 0) is 4.74 Å². The number of hydrogen-bond donors (Lipinski definition) is 4. The first-order valence-electron chi connectivity index (χ1n) is 7.98. The van der Waals surface area contributed by atoms with Crippen molar-refractivity contribution < 1.29 is 14.9 Å². The van der Waals surface area contributed by atoms with Crippen LogP contribution in [-0.4, -0.2) is 57.1 Å². The van der Waals surface area contributed by atoms with E-state index < -0.39 is 11.7 Å². The molecule has 0 saturated carbocycles. The monoisotopic (exact) mass is 333 g/mol. The van der Waals surface area contributed by atoms with E-state index in [1.165, 1.54) is 13.8 Å². The fourth-order valence-electron chi connectivity index (χ4n) is 2.60. The quantitative estimate of drug-likeness (QED) is 0.643. The smallest absolute Gasteiger partial charge is 0.170 e. The highest BCUT2D eigenvalue weighted by atomic mass is 16.5. The predicted octanol–water partition coefficient (Wildman–Crippen LogP) is 1.07. The Kier molecular flexibility index (Phi) is 4.53. The minimum absolute atomic E-state index is 0.201. The number of ether oxygens (including phenoxy) is 1. The van der Waals surface area contributed by atoms with Crippen molar-refractivity contribution in [1.29, 1.82) is 0 Å². The molecule has 0 radical (unpaired) electrons. The summed E-state index contributed by atoms with van der Waals surface area (Å²) in [5, 5.41) is 26.6. The maximum atomic E-state index is 10.2.